The van der Waals surface area contributed by atoms with E-state index in [1.54, 1.807) is 12.1 Å². The Labute approximate surface area is 70.5 Å². The largest absolute Gasteiger partial charge is 0.192 e. The zero-order valence-corrected chi connectivity index (χ0v) is 6.86. The molecule has 0 bridgehead atoms. The highest BCUT2D eigenvalue weighted by Gasteiger charge is 1.99. The highest BCUT2D eigenvalue weighted by atomic mass is 32.1. The van der Waals surface area contributed by atoms with Gasteiger partial charge in [0, 0.05) is 9.79 Å². The SMILES string of the molecule is N#Cc1c(S)cccc1S. The molecule has 0 N–H and O–H groups in total. The van der Waals surface area contributed by atoms with Gasteiger partial charge in [-0.15, -0.1) is 25.3 Å². The number of rotatable bonds is 0. The van der Waals surface area contributed by atoms with E-state index < -0.39 is 0 Å². The van der Waals surface area contributed by atoms with Crippen LogP contribution in [0.1, 0.15) is 5.56 Å². The summed E-state index contributed by atoms with van der Waals surface area (Å²) in [5.41, 5.74) is 0.536. The Kier molecular flexibility index (Phi) is 2.25. The van der Waals surface area contributed by atoms with Crippen LogP contribution in [0.25, 0.3) is 0 Å². The summed E-state index contributed by atoms with van der Waals surface area (Å²) in [6, 6.07) is 7.35. The predicted octanol–water partition coefficient (Wildman–Crippen LogP) is 2.14. The maximum Gasteiger partial charge on any atom is 0.101 e. The van der Waals surface area contributed by atoms with Crippen LogP contribution in [0.2, 0.25) is 0 Å². The summed E-state index contributed by atoms with van der Waals surface area (Å²) in [5.74, 6) is 0. The first-order valence-corrected chi connectivity index (χ1v) is 3.56. The van der Waals surface area contributed by atoms with Crippen LogP contribution < -0.4 is 0 Å². The van der Waals surface area contributed by atoms with Gasteiger partial charge in [-0.3, -0.25) is 0 Å². The minimum absolute atomic E-state index is 0.536. The average molecular weight is 167 g/mol. The van der Waals surface area contributed by atoms with Crippen molar-refractivity contribution >= 4 is 25.3 Å². The number of hydrogen-bond donors (Lipinski definition) is 2. The fraction of sp³-hybridized carbons (Fsp3) is 0. The summed E-state index contributed by atoms with van der Waals surface area (Å²) in [6.07, 6.45) is 0. The third kappa shape index (κ3) is 1.28. The summed E-state index contributed by atoms with van der Waals surface area (Å²) < 4.78 is 0. The summed E-state index contributed by atoms with van der Waals surface area (Å²) in [5, 5.41) is 8.55. The number of thiol groups is 2. The third-order valence-electron chi connectivity index (χ3n) is 1.13. The highest BCUT2D eigenvalue weighted by molar-refractivity contribution is 7.81. The zero-order chi connectivity index (χ0) is 7.56. The van der Waals surface area contributed by atoms with Gasteiger partial charge >= 0.3 is 0 Å². The molecule has 0 aliphatic rings. The molecule has 0 aromatic heterocycles. The van der Waals surface area contributed by atoms with E-state index in [4.69, 9.17) is 5.26 Å². The van der Waals surface area contributed by atoms with Gasteiger partial charge in [0.1, 0.15) is 6.07 Å². The Morgan fingerprint density at radius 1 is 1.20 bits per heavy atom. The number of nitriles is 1. The molecule has 1 aromatic carbocycles. The predicted molar refractivity (Wildman–Crippen MR) is 45.7 cm³/mol. The van der Waals surface area contributed by atoms with Gasteiger partial charge in [0.25, 0.3) is 0 Å². The molecule has 0 spiro atoms. The molecule has 0 saturated heterocycles. The molecule has 0 unspecified atom stereocenters. The lowest BCUT2D eigenvalue weighted by Crippen LogP contribution is -1.78. The van der Waals surface area contributed by atoms with Gasteiger partial charge in [0.05, 0.1) is 5.56 Å². The summed E-state index contributed by atoms with van der Waals surface area (Å²) >= 11 is 8.15. The standard InChI is InChI=1S/C7H5NS2/c8-4-5-6(9)2-1-3-7(5)10/h1-3,9-10H. The van der Waals surface area contributed by atoms with Crippen molar-refractivity contribution in [1.29, 1.82) is 5.26 Å². The number of hydrogen-bond acceptors (Lipinski definition) is 3. The molecular weight excluding hydrogens is 162 g/mol. The second-order valence-electron chi connectivity index (χ2n) is 1.78. The number of nitrogens with zero attached hydrogens (tertiary/aromatic N) is 1. The Balaban J connectivity index is 3.34. The topological polar surface area (TPSA) is 23.8 Å². The van der Waals surface area contributed by atoms with E-state index in [-0.39, 0.29) is 0 Å². The van der Waals surface area contributed by atoms with Gasteiger partial charge in [-0.1, -0.05) is 6.07 Å². The van der Waals surface area contributed by atoms with E-state index in [2.05, 4.69) is 25.3 Å². The number of benzene rings is 1. The van der Waals surface area contributed by atoms with Crippen molar-refractivity contribution in [3.63, 3.8) is 0 Å². The fourth-order valence-electron chi connectivity index (χ4n) is 0.643. The van der Waals surface area contributed by atoms with Crippen LogP contribution in [0.15, 0.2) is 28.0 Å². The smallest absolute Gasteiger partial charge is 0.101 e. The van der Waals surface area contributed by atoms with Crippen molar-refractivity contribution in [2.75, 3.05) is 0 Å². The minimum Gasteiger partial charge on any atom is -0.192 e. The van der Waals surface area contributed by atoms with E-state index in [9.17, 15) is 0 Å². The lowest BCUT2D eigenvalue weighted by molar-refractivity contribution is 1.27. The quantitative estimate of drug-likeness (QED) is 0.568. The van der Waals surface area contributed by atoms with Crippen LogP contribution in [0, 0.1) is 11.3 Å². The van der Waals surface area contributed by atoms with E-state index in [1.165, 1.54) is 0 Å². The molecular formula is C7H5NS2. The lowest BCUT2D eigenvalue weighted by Gasteiger charge is -1.96. The van der Waals surface area contributed by atoms with Gasteiger partial charge in [0.2, 0.25) is 0 Å². The van der Waals surface area contributed by atoms with E-state index in [1.807, 2.05) is 12.1 Å². The van der Waals surface area contributed by atoms with E-state index in [0.29, 0.717) is 15.4 Å². The Morgan fingerprint density at radius 3 is 2.00 bits per heavy atom. The highest BCUT2D eigenvalue weighted by Crippen LogP contribution is 2.19. The second-order valence-corrected chi connectivity index (χ2v) is 2.75. The average Bonchev–Trinajstić information content (AvgIpc) is 1.88. The van der Waals surface area contributed by atoms with Crippen LogP contribution >= 0.6 is 25.3 Å². The Hall–Kier alpha value is -0.590. The van der Waals surface area contributed by atoms with Crippen molar-refractivity contribution in [2.45, 2.75) is 9.79 Å². The Bertz CT molecular complexity index is 268. The molecule has 3 heteroatoms. The normalized spacial score (nSPS) is 8.90. The van der Waals surface area contributed by atoms with E-state index in [0.717, 1.165) is 0 Å². The van der Waals surface area contributed by atoms with Gasteiger partial charge < -0.3 is 0 Å². The molecule has 0 aliphatic heterocycles. The first-order valence-electron chi connectivity index (χ1n) is 2.66. The molecule has 1 aromatic rings. The third-order valence-corrected chi connectivity index (χ3v) is 1.88. The fourth-order valence-corrected chi connectivity index (χ4v) is 1.24. The lowest BCUT2D eigenvalue weighted by atomic mass is 10.2. The molecule has 1 nitrogen and oxygen atoms in total. The van der Waals surface area contributed by atoms with Crippen molar-refractivity contribution in [3.8, 4) is 6.07 Å². The van der Waals surface area contributed by atoms with Crippen LogP contribution in [0.4, 0.5) is 0 Å². The van der Waals surface area contributed by atoms with Crippen LogP contribution in [-0.2, 0) is 0 Å². The summed E-state index contributed by atoms with van der Waals surface area (Å²) in [7, 11) is 0. The maximum atomic E-state index is 8.55. The molecule has 0 atom stereocenters. The van der Waals surface area contributed by atoms with Gasteiger partial charge in [-0.05, 0) is 12.1 Å². The summed E-state index contributed by atoms with van der Waals surface area (Å²) in [6.45, 7) is 0. The van der Waals surface area contributed by atoms with Gasteiger partial charge in [0.15, 0.2) is 0 Å². The van der Waals surface area contributed by atoms with Crippen molar-refractivity contribution < 1.29 is 0 Å². The van der Waals surface area contributed by atoms with Crippen LogP contribution in [-0.4, -0.2) is 0 Å². The molecule has 0 fully saturated rings. The maximum absolute atomic E-state index is 8.55. The molecule has 0 aliphatic carbocycles. The van der Waals surface area contributed by atoms with Gasteiger partial charge in [-0.25, -0.2) is 0 Å². The zero-order valence-electron chi connectivity index (χ0n) is 5.07. The molecule has 10 heavy (non-hydrogen) atoms. The van der Waals surface area contributed by atoms with Crippen LogP contribution in [0.5, 0.6) is 0 Å². The molecule has 0 radical (unpaired) electrons. The summed E-state index contributed by atoms with van der Waals surface area (Å²) in [4.78, 5) is 1.35. The van der Waals surface area contributed by atoms with E-state index >= 15 is 0 Å². The molecule has 0 saturated carbocycles. The monoisotopic (exact) mass is 167 g/mol. The minimum atomic E-state index is 0.536. The van der Waals surface area contributed by atoms with Crippen molar-refractivity contribution in [1.82, 2.24) is 0 Å². The van der Waals surface area contributed by atoms with Gasteiger partial charge in [-0.2, -0.15) is 5.26 Å². The van der Waals surface area contributed by atoms with Crippen molar-refractivity contribution in [2.24, 2.45) is 0 Å². The second kappa shape index (κ2) is 3.00. The molecule has 0 amide bonds. The Morgan fingerprint density at radius 2 is 1.70 bits per heavy atom. The molecule has 1 rings (SSSR count). The first-order chi connectivity index (χ1) is 4.75. The molecule has 50 valence electrons. The molecule has 0 heterocycles. The van der Waals surface area contributed by atoms with Crippen molar-refractivity contribution in [3.05, 3.63) is 23.8 Å². The first kappa shape index (κ1) is 7.52. The van der Waals surface area contributed by atoms with Crippen LogP contribution in [0.3, 0.4) is 0 Å².